The number of rotatable bonds is 9. The van der Waals surface area contributed by atoms with Gasteiger partial charge in [0.25, 0.3) is 10.0 Å². The van der Waals surface area contributed by atoms with Gasteiger partial charge in [0.15, 0.2) is 0 Å². The molecule has 1 aliphatic heterocycles. The first-order chi connectivity index (χ1) is 13.2. The number of hydrogen-bond donors (Lipinski definition) is 1. The summed E-state index contributed by atoms with van der Waals surface area (Å²) in [7, 11) is -3.61. The molecular formula is C20H32N4O3S. The molecule has 156 valence electrons. The standard InChI is InChI=1S/C20H32N4O3S/c1-6-23(7-2)12-13-24(14-15(3)4)20(25)16(5)21-19-17-10-8-9-11-18(17)28(26,27)22-19/h8-11,15-16H,6-7,12-14H2,1-5H3,(H,21,22)/t16-/m0/s1. The summed E-state index contributed by atoms with van der Waals surface area (Å²) in [5.74, 6) is 0.493. The molecule has 1 amide bonds. The minimum Gasteiger partial charge on any atom is -0.339 e. The highest BCUT2D eigenvalue weighted by atomic mass is 32.2. The Morgan fingerprint density at radius 3 is 2.36 bits per heavy atom. The lowest BCUT2D eigenvalue weighted by atomic mass is 10.1. The van der Waals surface area contributed by atoms with Crippen molar-refractivity contribution in [1.82, 2.24) is 14.5 Å². The first-order valence-corrected chi connectivity index (χ1v) is 11.4. The average molecular weight is 409 g/mol. The molecule has 28 heavy (non-hydrogen) atoms. The Morgan fingerprint density at radius 1 is 1.11 bits per heavy atom. The molecule has 0 radical (unpaired) electrons. The van der Waals surface area contributed by atoms with Crippen molar-refractivity contribution in [2.45, 2.75) is 45.6 Å². The van der Waals surface area contributed by atoms with Crippen molar-refractivity contribution in [2.24, 2.45) is 10.9 Å². The lowest BCUT2D eigenvalue weighted by molar-refractivity contribution is -0.132. The van der Waals surface area contributed by atoms with Gasteiger partial charge in [-0.2, -0.15) is 0 Å². The fraction of sp³-hybridized carbons (Fsp3) is 0.600. The number of sulfonamides is 1. The van der Waals surface area contributed by atoms with E-state index in [1.165, 1.54) is 0 Å². The van der Waals surface area contributed by atoms with E-state index >= 15 is 0 Å². The van der Waals surface area contributed by atoms with E-state index in [1.54, 1.807) is 31.2 Å². The van der Waals surface area contributed by atoms with Crippen LogP contribution < -0.4 is 4.72 Å². The summed E-state index contributed by atoms with van der Waals surface area (Å²) < 4.78 is 27.0. The van der Waals surface area contributed by atoms with Gasteiger partial charge in [-0.1, -0.05) is 39.8 Å². The molecule has 1 aliphatic rings. The van der Waals surface area contributed by atoms with Crippen LogP contribution in [-0.2, 0) is 14.8 Å². The highest BCUT2D eigenvalue weighted by Gasteiger charge is 2.31. The highest BCUT2D eigenvalue weighted by Crippen LogP contribution is 2.22. The molecule has 0 bridgehead atoms. The molecule has 1 aromatic rings. The number of carbonyl (C=O) groups excluding carboxylic acids is 1. The van der Waals surface area contributed by atoms with Crippen LogP contribution in [-0.4, -0.2) is 68.7 Å². The van der Waals surface area contributed by atoms with Crippen LogP contribution in [0.4, 0.5) is 0 Å². The Balaban J connectivity index is 2.19. The van der Waals surface area contributed by atoms with E-state index in [0.29, 0.717) is 24.6 Å². The number of nitrogens with one attached hydrogen (secondary N) is 1. The van der Waals surface area contributed by atoms with Gasteiger partial charge in [0, 0.05) is 25.2 Å². The van der Waals surface area contributed by atoms with Crippen LogP contribution in [0.2, 0.25) is 0 Å². The molecule has 1 aromatic carbocycles. The normalized spacial score (nSPS) is 17.6. The van der Waals surface area contributed by atoms with Crippen LogP contribution in [0.3, 0.4) is 0 Å². The number of carbonyl (C=O) groups is 1. The van der Waals surface area contributed by atoms with E-state index in [9.17, 15) is 13.2 Å². The lowest BCUT2D eigenvalue weighted by Crippen LogP contribution is -2.44. The first-order valence-electron chi connectivity index (χ1n) is 9.90. The number of nitrogens with zero attached hydrogens (tertiary/aromatic N) is 3. The molecule has 0 unspecified atom stereocenters. The molecule has 2 rings (SSSR count). The van der Waals surface area contributed by atoms with Gasteiger partial charge >= 0.3 is 0 Å². The minimum atomic E-state index is -3.61. The van der Waals surface area contributed by atoms with Gasteiger partial charge in [-0.05, 0) is 38.1 Å². The average Bonchev–Trinajstić information content (AvgIpc) is 2.91. The Hall–Kier alpha value is -1.93. The smallest absolute Gasteiger partial charge is 0.263 e. The van der Waals surface area contributed by atoms with E-state index < -0.39 is 16.1 Å². The van der Waals surface area contributed by atoms with E-state index in [2.05, 4.69) is 42.3 Å². The van der Waals surface area contributed by atoms with Crippen molar-refractivity contribution >= 4 is 21.8 Å². The molecule has 0 spiro atoms. The molecule has 8 heteroatoms. The molecule has 0 aromatic heterocycles. The van der Waals surface area contributed by atoms with Crippen LogP contribution in [0.15, 0.2) is 34.2 Å². The van der Waals surface area contributed by atoms with Crippen LogP contribution >= 0.6 is 0 Å². The van der Waals surface area contributed by atoms with Crippen molar-refractivity contribution in [2.75, 3.05) is 32.7 Å². The Bertz CT molecular complexity index is 816. The van der Waals surface area contributed by atoms with Crippen LogP contribution in [0, 0.1) is 5.92 Å². The van der Waals surface area contributed by atoms with Crippen LogP contribution in [0.1, 0.15) is 40.2 Å². The summed E-state index contributed by atoms with van der Waals surface area (Å²) in [6.45, 7) is 14.1. The van der Waals surface area contributed by atoms with Gasteiger partial charge in [-0.25, -0.2) is 8.42 Å². The Morgan fingerprint density at radius 2 is 1.75 bits per heavy atom. The van der Waals surface area contributed by atoms with Crippen LogP contribution in [0.25, 0.3) is 0 Å². The number of fused-ring (bicyclic) bond motifs is 1. The van der Waals surface area contributed by atoms with E-state index in [-0.39, 0.29) is 16.6 Å². The predicted molar refractivity (Wildman–Crippen MR) is 112 cm³/mol. The van der Waals surface area contributed by atoms with Crippen molar-refractivity contribution in [3.8, 4) is 0 Å². The molecule has 1 heterocycles. The molecule has 0 saturated carbocycles. The van der Waals surface area contributed by atoms with E-state index in [4.69, 9.17) is 0 Å². The number of amides is 1. The minimum absolute atomic E-state index is 0.0862. The third-order valence-electron chi connectivity index (χ3n) is 4.82. The molecule has 0 fully saturated rings. The maximum atomic E-state index is 13.1. The van der Waals surface area contributed by atoms with Gasteiger partial charge in [0.2, 0.25) is 5.91 Å². The first kappa shape index (κ1) is 22.4. The maximum absolute atomic E-state index is 13.1. The topological polar surface area (TPSA) is 82.1 Å². The zero-order valence-electron chi connectivity index (χ0n) is 17.5. The SMILES string of the molecule is CCN(CC)CCN(CC(C)C)C(=O)[C@H](C)N=C1NS(=O)(=O)c2ccccc21. The number of hydrogen-bond acceptors (Lipinski definition) is 5. The number of likely N-dealkylation sites (N-methyl/N-ethyl adjacent to an activating group) is 1. The second-order valence-electron chi connectivity index (χ2n) is 7.46. The summed E-state index contributed by atoms with van der Waals surface area (Å²) >= 11 is 0. The van der Waals surface area contributed by atoms with Gasteiger partial charge in [0.05, 0.1) is 4.90 Å². The molecule has 1 atom stereocenters. The lowest BCUT2D eigenvalue weighted by Gasteiger charge is -2.29. The second-order valence-corrected chi connectivity index (χ2v) is 9.11. The summed E-state index contributed by atoms with van der Waals surface area (Å²) in [4.78, 5) is 21.8. The zero-order chi connectivity index (χ0) is 20.9. The number of benzene rings is 1. The largest absolute Gasteiger partial charge is 0.339 e. The van der Waals surface area contributed by atoms with E-state index in [0.717, 1.165) is 19.6 Å². The summed E-state index contributed by atoms with van der Waals surface area (Å²) in [5, 5.41) is 0. The quantitative estimate of drug-likeness (QED) is 0.677. The van der Waals surface area contributed by atoms with Crippen molar-refractivity contribution in [1.29, 1.82) is 0 Å². The van der Waals surface area contributed by atoms with Crippen molar-refractivity contribution in [3.63, 3.8) is 0 Å². The van der Waals surface area contributed by atoms with Crippen LogP contribution in [0.5, 0.6) is 0 Å². The third kappa shape index (κ3) is 5.32. The molecule has 7 nitrogen and oxygen atoms in total. The zero-order valence-corrected chi connectivity index (χ0v) is 18.3. The number of aliphatic imine (C=N–C) groups is 1. The molecule has 0 saturated heterocycles. The summed E-state index contributed by atoms with van der Waals surface area (Å²) in [6, 6.07) is 6.02. The molecule has 0 aliphatic carbocycles. The number of amidine groups is 1. The third-order valence-corrected chi connectivity index (χ3v) is 6.22. The van der Waals surface area contributed by atoms with Gasteiger partial charge in [-0.15, -0.1) is 0 Å². The Kier molecular flexibility index (Phi) is 7.60. The van der Waals surface area contributed by atoms with Gasteiger partial charge in [0.1, 0.15) is 11.9 Å². The fourth-order valence-electron chi connectivity index (χ4n) is 3.28. The molecule has 1 N–H and O–H groups in total. The fourth-order valence-corrected chi connectivity index (χ4v) is 4.52. The second kappa shape index (κ2) is 9.52. The van der Waals surface area contributed by atoms with Gasteiger partial charge in [-0.3, -0.25) is 14.5 Å². The maximum Gasteiger partial charge on any atom is 0.263 e. The highest BCUT2D eigenvalue weighted by molar-refractivity contribution is 7.90. The predicted octanol–water partition coefficient (Wildman–Crippen LogP) is 1.94. The van der Waals surface area contributed by atoms with E-state index in [1.807, 2.05) is 4.90 Å². The summed E-state index contributed by atoms with van der Waals surface area (Å²) in [5.41, 5.74) is 0.515. The van der Waals surface area contributed by atoms with Crippen molar-refractivity contribution in [3.05, 3.63) is 29.8 Å². The van der Waals surface area contributed by atoms with Gasteiger partial charge < -0.3 is 9.80 Å². The molecular weight excluding hydrogens is 376 g/mol. The van der Waals surface area contributed by atoms with Crippen molar-refractivity contribution < 1.29 is 13.2 Å². The Labute approximate surface area is 168 Å². The summed E-state index contributed by atoms with van der Waals surface area (Å²) in [6.07, 6.45) is 0. The monoisotopic (exact) mass is 408 g/mol.